The van der Waals surface area contributed by atoms with Crippen LogP contribution >= 0.6 is 0 Å². The second-order valence-electron chi connectivity index (χ2n) is 7.05. The van der Waals surface area contributed by atoms with E-state index in [1.807, 2.05) is 6.07 Å². The Morgan fingerprint density at radius 3 is 2.55 bits per heavy atom. The number of rotatable bonds is 5. The van der Waals surface area contributed by atoms with Crippen molar-refractivity contribution in [1.82, 2.24) is 5.32 Å². The molecule has 3 heteroatoms. The Hall–Kier alpha value is -1.09. The summed E-state index contributed by atoms with van der Waals surface area (Å²) in [5, 5.41) is 3.45. The highest BCUT2D eigenvalue weighted by molar-refractivity contribution is 5.53. The quantitative estimate of drug-likeness (QED) is 0.877. The molecule has 1 saturated carbocycles. The van der Waals surface area contributed by atoms with E-state index in [2.05, 4.69) is 38.0 Å². The van der Waals surface area contributed by atoms with Crippen molar-refractivity contribution in [3.63, 3.8) is 0 Å². The van der Waals surface area contributed by atoms with E-state index in [0.29, 0.717) is 6.54 Å². The Labute approximate surface area is 122 Å². The normalized spacial score (nSPS) is 16.1. The molecule has 1 N–H and O–H groups in total. The number of hydrogen-bond acceptors (Lipinski definition) is 2. The number of nitrogens with zero attached hydrogens (tertiary/aromatic N) is 1. The molecule has 0 spiro atoms. The van der Waals surface area contributed by atoms with Crippen LogP contribution in [0.2, 0.25) is 0 Å². The molecule has 20 heavy (non-hydrogen) atoms. The molecule has 1 fully saturated rings. The Morgan fingerprint density at radius 2 is 2.00 bits per heavy atom. The molecule has 2 nitrogen and oxygen atoms in total. The molecule has 1 aromatic rings. The van der Waals surface area contributed by atoms with E-state index < -0.39 is 0 Å². The lowest BCUT2D eigenvalue weighted by atomic mass is 9.85. The highest BCUT2D eigenvalue weighted by Crippen LogP contribution is 2.29. The number of benzene rings is 1. The monoisotopic (exact) mass is 278 g/mol. The van der Waals surface area contributed by atoms with Crippen molar-refractivity contribution in [2.45, 2.75) is 52.1 Å². The van der Waals surface area contributed by atoms with Gasteiger partial charge in [0.2, 0.25) is 0 Å². The van der Waals surface area contributed by atoms with Crippen molar-refractivity contribution in [1.29, 1.82) is 0 Å². The molecular weight excluding hydrogens is 251 g/mol. The second kappa shape index (κ2) is 6.13. The first kappa shape index (κ1) is 15.3. The first-order chi connectivity index (χ1) is 9.35. The third-order valence-electron chi connectivity index (χ3n) is 4.02. The van der Waals surface area contributed by atoms with E-state index in [0.717, 1.165) is 23.7 Å². The molecule has 0 heterocycles. The average molecular weight is 278 g/mol. The summed E-state index contributed by atoms with van der Waals surface area (Å²) in [6, 6.07) is 5.13. The summed E-state index contributed by atoms with van der Waals surface area (Å²) >= 11 is 0. The Morgan fingerprint density at radius 1 is 1.30 bits per heavy atom. The molecule has 0 aromatic heterocycles. The van der Waals surface area contributed by atoms with Crippen molar-refractivity contribution in [2.24, 2.45) is 5.92 Å². The van der Waals surface area contributed by atoms with Crippen LogP contribution in [0.4, 0.5) is 10.1 Å². The number of nitrogens with one attached hydrogen (secondary N) is 1. The summed E-state index contributed by atoms with van der Waals surface area (Å²) < 4.78 is 13.5. The molecule has 0 saturated heterocycles. The maximum atomic E-state index is 13.5. The highest BCUT2D eigenvalue weighted by atomic mass is 19.1. The smallest absolute Gasteiger partial charge is 0.123 e. The van der Waals surface area contributed by atoms with Crippen molar-refractivity contribution >= 4 is 5.69 Å². The fraction of sp³-hybridized carbons (Fsp3) is 0.647. The van der Waals surface area contributed by atoms with Gasteiger partial charge >= 0.3 is 0 Å². The maximum absolute atomic E-state index is 13.5. The minimum Gasteiger partial charge on any atom is -0.374 e. The van der Waals surface area contributed by atoms with Crippen LogP contribution in [0.5, 0.6) is 0 Å². The summed E-state index contributed by atoms with van der Waals surface area (Å²) in [4.78, 5) is 2.28. The average Bonchev–Trinajstić information content (AvgIpc) is 2.30. The molecule has 0 radical (unpaired) electrons. The van der Waals surface area contributed by atoms with Crippen LogP contribution in [0.25, 0.3) is 0 Å². The predicted octanol–water partition coefficient (Wildman–Crippen LogP) is 3.95. The molecule has 2 rings (SSSR count). The van der Waals surface area contributed by atoms with Crippen LogP contribution in [0.15, 0.2) is 18.2 Å². The SMILES string of the molecule is CN(CC1CCC1)c1ccc(F)cc1CNC(C)(C)C. The van der Waals surface area contributed by atoms with Gasteiger partial charge in [-0.1, -0.05) is 6.42 Å². The van der Waals surface area contributed by atoms with Crippen molar-refractivity contribution in [3.8, 4) is 0 Å². The maximum Gasteiger partial charge on any atom is 0.123 e. The largest absolute Gasteiger partial charge is 0.374 e. The second-order valence-corrected chi connectivity index (χ2v) is 7.05. The van der Waals surface area contributed by atoms with E-state index >= 15 is 0 Å². The summed E-state index contributed by atoms with van der Waals surface area (Å²) in [6.07, 6.45) is 4.03. The minimum atomic E-state index is -0.156. The van der Waals surface area contributed by atoms with Gasteiger partial charge in [0.05, 0.1) is 0 Å². The van der Waals surface area contributed by atoms with Gasteiger partial charge in [-0.2, -0.15) is 0 Å². The lowest BCUT2D eigenvalue weighted by Crippen LogP contribution is -2.36. The summed E-state index contributed by atoms with van der Waals surface area (Å²) in [6.45, 7) is 8.16. The van der Waals surface area contributed by atoms with E-state index in [-0.39, 0.29) is 11.4 Å². The fourth-order valence-electron chi connectivity index (χ4n) is 2.59. The zero-order valence-corrected chi connectivity index (χ0v) is 13.2. The van der Waals surface area contributed by atoms with Crippen LogP contribution in [-0.2, 0) is 6.54 Å². The molecule has 0 amide bonds. The van der Waals surface area contributed by atoms with Crippen LogP contribution in [0, 0.1) is 11.7 Å². The zero-order chi connectivity index (χ0) is 14.8. The van der Waals surface area contributed by atoms with E-state index in [4.69, 9.17) is 0 Å². The van der Waals surface area contributed by atoms with Gasteiger partial charge < -0.3 is 10.2 Å². The van der Waals surface area contributed by atoms with Crippen LogP contribution in [0.3, 0.4) is 0 Å². The van der Waals surface area contributed by atoms with Gasteiger partial charge in [-0.05, 0) is 63.3 Å². The van der Waals surface area contributed by atoms with Gasteiger partial charge in [-0.25, -0.2) is 4.39 Å². The third-order valence-corrected chi connectivity index (χ3v) is 4.02. The molecule has 1 aromatic carbocycles. The van der Waals surface area contributed by atoms with Gasteiger partial charge in [0.25, 0.3) is 0 Å². The molecule has 1 aliphatic rings. The molecule has 0 unspecified atom stereocenters. The zero-order valence-electron chi connectivity index (χ0n) is 13.2. The topological polar surface area (TPSA) is 15.3 Å². The minimum absolute atomic E-state index is 0.0378. The van der Waals surface area contributed by atoms with Crippen molar-refractivity contribution in [3.05, 3.63) is 29.6 Å². The van der Waals surface area contributed by atoms with E-state index in [1.54, 1.807) is 12.1 Å². The van der Waals surface area contributed by atoms with Crippen molar-refractivity contribution < 1.29 is 4.39 Å². The lowest BCUT2D eigenvalue weighted by molar-refractivity contribution is 0.321. The van der Waals surface area contributed by atoms with Gasteiger partial charge in [0.15, 0.2) is 0 Å². The van der Waals surface area contributed by atoms with Gasteiger partial charge in [0.1, 0.15) is 5.82 Å². The van der Waals surface area contributed by atoms with Gasteiger partial charge in [-0.3, -0.25) is 0 Å². The number of anilines is 1. The summed E-state index contributed by atoms with van der Waals surface area (Å²) in [5.41, 5.74) is 2.23. The number of hydrogen-bond donors (Lipinski definition) is 1. The summed E-state index contributed by atoms with van der Waals surface area (Å²) in [5.74, 6) is 0.657. The van der Waals surface area contributed by atoms with Crippen LogP contribution in [-0.4, -0.2) is 19.1 Å². The molecule has 112 valence electrons. The Kier molecular flexibility index (Phi) is 4.69. The molecule has 0 atom stereocenters. The highest BCUT2D eigenvalue weighted by Gasteiger charge is 2.20. The van der Waals surface area contributed by atoms with Gasteiger partial charge in [-0.15, -0.1) is 0 Å². The first-order valence-corrected chi connectivity index (χ1v) is 7.60. The predicted molar refractivity (Wildman–Crippen MR) is 83.6 cm³/mol. The third kappa shape index (κ3) is 4.20. The van der Waals surface area contributed by atoms with Gasteiger partial charge in [0, 0.05) is 31.4 Å². The lowest BCUT2D eigenvalue weighted by Gasteiger charge is -2.32. The summed E-state index contributed by atoms with van der Waals surface area (Å²) in [7, 11) is 2.12. The van der Waals surface area contributed by atoms with Crippen LogP contribution < -0.4 is 10.2 Å². The Balaban J connectivity index is 2.09. The van der Waals surface area contributed by atoms with E-state index in [9.17, 15) is 4.39 Å². The first-order valence-electron chi connectivity index (χ1n) is 7.60. The molecule has 1 aliphatic carbocycles. The van der Waals surface area contributed by atoms with Crippen molar-refractivity contribution in [2.75, 3.05) is 18.5 Å². The molecular formula is C17H27FN2. The van der Waals surface area contributed by atoms with E-state index in [1.165, 1.54) is 19.3 Å². The Bertz CT molecular complexity index is 447. The van der Waals surface area contributed by atoms with Crippen LogP contribution in [0.1, 0.15) is 45.6 Å². The molecule has 0 aliphatic heterocycles. The fourth-order valence-corrected chi connectivity index (χ4v) is 2.59. The standard InChI is InChI=1S/C17H27FN2/c1-17(2,3)19-11-14-10-15(18)8-9-16(14)20(4)12-13-6-5-7-13/h8-10,13,19H,5-7,11-12H2,1-4H3. The number of halogens is 1. The molecule has 0 bridgehead atoms.